The first-order chi connectivity index (χ1) is 7.60. The maximum Gasteiger partial charge on any atom is 0.150 e. The highest BCUT2D eigenvalue weighted by atomic mass is 16.1. The summed E-state index contributed by atoms with van der Waals surface area (Å²) < 4.78 is 0. The van der Waals surface area contributed by atoms with Crippen molar-refractivity contribution in [2.75, 3.05) is 13.6 Å². The van der Waals surface area contributed by atoms with E-state index in [1.54, 1.807) is 0 Å². The van der Waals surface area contributed by atoms with Gasteiger partial charge in [-0.2, -0.15) is 0 Å². The molecule has 3 heteroatoms. The quantitative estimate of drug-likeness (QED) is 0.442. The Morgan fingerprint density at radius 3 is 2.56 bits per heavy atom. The van der Waals surface area contributed by atoms with Crippen LogP contribution in [-0.2, 0) is 0 Å². The number of rotatable bonds is 4. The molecule has 1 rings (SSSR count). The number of carbonyl (C=O) groups is 1. The van der Waals surface area contributed by atoms with Crippen molar-refractivity contribution in [3.63, 3.8) is 0 Å². The Kier molecular flexibility index (Phi) is 4.23. The molecule has 0 saturated heterocycles. The van der Waals surface area contributed by atoms with Gasteiger partial charge in [-0.1, -0.05) is 0 Å². The first-order valence-electron chi connectivity index (χ1n) is 5.40. The lowest BCUT2D eigenvalue weighted by Crippen LogP contribution is -2.14. The Bertz CT molecular complexity index is 411. The van der Waals surface area contributed by atoms with E-state index in [1.165, 1.54) is 0 Å². The van der Waals surface area contributed by atoms with E-state index in [4.69, 9.17) is 0 Å². The third-order valence-electron chi connectivity index (χ3n) is 2.82. The summed E-state index contributed by atoms with van der Waals surface area (Å²) in [6, 6.07) is 3.69. The third-order valence-corrected chi connectivity index (χ3v) is 2.82. The molecule has 0 aliphatic heterocycles. The van der Waals surface area contributed by atoms with E-state index in [0.717, 1.165) is 35.2 Å². The van der Waals surface area contributed by atoms with Crippen molar-refractivity contribution in [3.05, 3.63) is 28.8 Å². The van der Waals surface area contributed by atoms with E-state index in [2.05, 4.69) is 11.9 Å². The zero-order valence-electron chi connectivity index (χ0n) is 10.3. The van der Waals surface area contributed by atoms with Crippen LogP contribution in [0.15, 0.2) is 17.1 Å². The van der Waals surface area contributed by atoms with Crippen LogP contribution in [0.25, 0.3) is 0 Å². The van der Waals surface area contributed by atoms with Gasteiger partial charge in [-0.15, -0.1) is 0 Å². The van der Waals surface area contributed by atoms with Gasteiger partial charge in [-0.25, -0.2) is 4.99 Å². The van der Waals surface area contributed by atoms with Gasteiger partial charge in [-0.05, 0) is 44.0 Å². The fourth-order valence-electron chi connectivity index (χ4n) is 1.34. The highest BCUT2D eigenvalue weighted by Gasteiger charge is 2.04. The Hall–Kier alpha value is -1.64. The standard InChI is InChI=1S/C13H18N2O/c1-5-15(4)9-14-13-7-6-12(8-16)10(2)11(13)3/h6-9H,5H2,1-4H3. The predicted octanol–water partition coefficient (Wildman–Crippen LogP) is 2.73. The van der Waals surface area contributed by atoms with Crippen LogP contribution in [0.3, 0.4) is 0 Å². The van der Waals surface area contributed by atoms with E-state index in [0.29, 0.717) is 0 Å². The van der Waals surface area contributed by atoms with Crippen molar-refractivity contribution in [2.45, 2.75) is 20.8 Å². The second kappa shape index (κ2) is 5.45. The first-order valence-corrected chi connectivity index (χ1v) is 5.40. The second-order valence-electron chi connectivity index (χ2n) is 3.86. The Labute approximate surface area is 96.8 Å². The average Bonchev–Trinajstić information content (AvgIpc) is 2.30. The summed E-state index contributed by atoms with van der Waals surface area (Å²) in [6.07, 6.45) is 2.69. The molecule has 86 valence electrons. The van der Waals surface area contributed by atoms with Crippen LogP contribution < -0.4 is 0 Å². The van der Waals surface area contributed by atoms with Gasteiger partial charge in [0, 0.05) is 19.2 Å². The van der Waals surface area contributed by atoms with Gasteiger partial charge in [0.05, 0.1) is 12.0 Å². The van der Waals surface area contributed by atoms with E-state index < -0.39 is 0 Å². The van der Waals surface area contributed by atoms with Crippen molar-refractivity contribution in [1.82, 2.24) is 4.90 Å². The number of carbonyl (C=O) groups excluding carboxylic acids is 1. The number of benzene rings is 1. The minimum atomic E-state index is 0.736. The first kappa shape index (κ1) is 12.4. The van der Waals surface area contributed by atoms with Crippen molar-refractivity contribution in [1.29, 1.82) is 0 Å². The van der Waals surface area contributed by atoms with Crippen LogP contribution in [0.2, 0.25) is 0 Å². The molecule has 0 spiro atoms. The van der Waals surface area contributed by atoms with Crippen molar-refractivity contribution in [3.8, 4) is 0 Å². The summed E-state index contributed by atoms with van der Waals surface area (Å²) in [6.45, 7) is 6.93. The van der Waals surface area contributed by atoms with Crippen LogP contribution >= 0.6 is 0 Å². The van der Waals surface area contributed by atoms with Crippen LogP contribution in [0.4, 0.5) is 5.69 Å². The molecule has 0 amide bonds. The number of aldehydes is 1. The molecule has 1 aromatic carbocycles. The molecule has 1 aromatic rings. The van der Waals surface area contributed by atoms with Crippen LogP contribution in [0.5, 0.6) is 0 Å². The summed E-state index contributed by atoms with van der Waals surface area (Å²) in [5.41, 5.74) is 3.72. The molecule has 0 radical (unpaired) electrons. The number of hydrogen-bond acceptors (Lipinski definition) is 2. The maximum absolute atomic E-state index is 10.8. The number of nitrogens with zero attached hydrogens (tertiary/aromatic N) is 2. The van der Waals surface area contributed by atoms with Gasteiger partial charge in [0.15, 0.2) is 0 Å². The van der Waals surface area contributed by atoms with Gasteiger partial charge in [0.25, 0.3) is 0 Å². The summed E-state index contributed by atoms with van der Waals surface area (Å²) >= 11 is 0. The summed E-state index contributed by atoms with van der Waals surface area (Å²) in [7, 11) is 1.98. The molecule has 0 atom stereocenters. The van der Waals surface area contributed by atoms with Gasteiger partial charge < -0.3 is 4.90 Å². The fraction of sp³-hybridized carbons (Fsp3) is 0.385. The molecule has 0 aliphatic rings. The van der Waals surface area contributed by atoms with Crippen molar-refractivity contribution >= 4 is 18.3 Å². The molecule has 0 saturated carbocycles. The Morgan fingerprint density at radius 2 is 2.00 bits per heavy atom. The molecule has 0 heterocycles. The van der Waals surface area contributed by atoms with Gasteiger partial charge >= 0.3 is 0 Å². The molecule has 0 N–H and O–H groups in total. The molecule has 0 aliphatic carbocycles. The average molecular weight is 218 g/mol. The number of aliphatic imine (C=N–C) groups is 1. The minimum Gasteiger partial charge on any atom is -0.366 e. The van der Waals surface area contributed by atoms with Gasteiger partial charge in [0.2, 0.25) is 0 Å². The lowest BCUT2D eigenvalue weighted by atomic mass is 10.0. The molecule has 0 aromatic heterocycles. The van der Waals surface area contributed by atoms with E-state index in [-0.39, 0.29) is 0 Å². The maximum atomic E-state index is 10.8. The van der Waals surface area contributed by atoms with Gasteiger partial charge in [-0.3, -0.25) is 4.79 Å². The summed E-state index contributed by atoms with van der Waals surface area (Å²) in [5.74, 6) is 0. The van der Waals surface area contributed by atoms with E-state index in [9.17, 15) is 4.79 Å². The normalized spacial score (nSPS) is 10.8. The van der Waals surface area contributed by atoms with Crippen LogP contribution in [0, 0.1) is 13.8 Å². The molecule has 16 heavy (non-hydrogen) atoms. The molecule has 0 unspecified atom stereocenters. The molecule has 3 nitrogen and oxygen atoms in total. The topological polar surface area (TPSA) is 32.7 Å². The van der Waals surface area contributed by atoms with E-state index in [1.807, 2.05) is 44.3 Å². The minimum absolute atomic E-state index is 0.736. The third kappa shape index (κ3) is 2.69. The number of hydrogen-bond donors (Lipinski definition) is 0. The SMILES string of the molecule is CCN(C)C=Nc1ccc(C=O)c(C)c1C. The monoisotopic (exact) mass is 218 g/mol. The van der Waals surface area contributed by atoms with Crippen molar-refractivity contribution in [2.24, 2.45) is 4.99 Å². The zero-order valence-corrected chi connectivity index (χ0v) is 10.3. The second-order valence-corrected chi connectivity index (χ2v) is 3.86. The summed E-state index contributed by atoms with van der Waals surface area (Å²) in [5, 5.41) is 0. The zero-order chi connectivity index (χ0) is 12.1. The molecule has 0 fully saturated rings. The van der Waals surface area contributed by atoms with Gasteiger partial charge in [0.1, 0.15) is 6.29 Å². The van der Waals surface area contributed by atoms with Crippen LogP contribution in [0.1, 0.15) is 28.4 Å². The van der Waals surface area contributed by atoms with Crippen molar-refractivity contribution < 1.29 is 4.79 Å². The highest BCUT2D eigenvalue weighted by Crippen LogP contribution is 2.23. The molecular weight excluding hydrogens is 200 g/mol. The fourth-order valence-corrected chi connectivity index (χ4v) is 1.34. The van der Waals surface area contributed by atoms with E-state index >= 15 is 0 Å². The van der Waals surface area contributed by atoms with Crippen LogP contribution in [-0.4, -0.2) is 31.1 Å². The largest absolute Gasteiger partial charge is 0.366 e. The Morgan fingerprint density at radius 1 is 1.31 bits per heavy atom. The predicted molar refractivity (Wildman–Crippen MR) is 67.8 cm³/mol. The Balaban J connectivity index is 3.03. The summed E-state index contributed by atoms with van der Waals surface area (Å²) in [4.78, 5) is 17.2. The highest BCUT2D eigenvalue weighted by molar-refractivity contribution is 5.80. The smallest absolute Gasteiger partial charge is 0.150 e. The molecular formula is C13H18N2O. The lowest BCUT2D eigenvalue weighted by molar-refractivity contribution is 0.112. The lowest BCUT2D eigenvalue weighted by Gasteiger charge is -2.10. The molecule has 0 bridgehead atoms.